The van der Waals surface area contributed by atoms with Crippen molar-refractivity contribution in [3.8, 4) is 5.75 Å². The normalized spacial score (nSPS) is 19.5. The molecule has 1 atom stereocenters. The average molecular weight is 313 g/mol. The van der Waals surface area contributed by atoms with Gasteiger partial charge in [0.05, 0.1) is 4.47 Å². The van der Waals surface area contributed by atoms with Crippen molar-refractivity contribution < 1.29 is 9.90 Å². The number of carbonyl (C=O) groups is 1. The molecule has 1 unspecified atom stereocenters. The van der Waals surface area contributed by atoms with Gasteiger partial charge in [0.15, 0.2) is 0 Å². The first-order valence-corrected chi connectivity index (χ1v) is 6.96. The predicted octanol–water partition coefficient (Wildman–Crippen LogP) is 2.03. The molecule has 18 heavy (non-hydrogen) atoms. The molecule has 5 heteroatoms. The average Bonchev–Trinajstić information content (AvgIpc) is 2.40. The summed E-state index contributed by atoms with van der Waals surface area (Å²) in [5.74, 6) is -0.0661. The van der Waals surface area contributed by atoms with Crippen molar-refractivity contribution in [3.05, 3.63) is 28.2 Å². The lowest BCUT2D eigenvalue weighted by Gasteiger charge is -2.23. The third kappa shape index (κ3) is 3.46. The van der Waals surface area contributed by atoms with Gasteiger partial charge in [-0.25, -0.2) is 0 Å². The van der Waals surface area contributed by atoms with Crippen LogP contribution in [0.2, 0.25) is 0 Å². The van der Waals surface area contributed by atoms with Gasteiger partial charge >= 0.3 is 0 Å². The molecule has 0 saturated carbocycles. The number of amides is 1. The molecule has 3 N–H and O–H groups in total. The maximum atomic E-state index is 11.9. The van der Waals surface area contributed by atoms with E-state index in [2.05, 4.69) is 26.6 Å². The second-order valence-electron chi connectivity index (χ2n) is 4.52. The molecule has 0 bridgehead atoms. The van der Waals surface area contributed by atoms with Crippen molar-refractivity contribution in [3.63, 3.8) is 0 Å². The van der Waals surface area contributed by atoms with E-state index in [1.807, 2.05) is 0 Å². The molecule has 0 spiro atoms. The summed E-state index contributed by atoms with van der Waals surface area (Å²) in [5.41, 5.74) is 0.478. The number of nitrogens with one attached hydrogen (secondary N) is 2. The summed E-state index contributed by atoms with van der Waals surface area (Å²) < 4.78 is 0.591. The van der Waals surface area contributed by atoms with Crippen molar-refractivity contribution in [1.29, 1.82) is 0 Å². The van der Waals surface area contributed by atoms with E-state index in [0.29, 0.717) is 22.6 Å². The molecule has 1 saturated heterocycles. The van der Waals surface area contributed by atoms with Crippen LogP contribution in [0.1, 0.15) is 29.6 Å². The van der Waals surface area contributed by atoms with Gasteiger partial charge in [0, 0.05) is 18.2 Å². The summed E-state index contributed by atoms with van der Waals surface area (Å²) in [6.45, 7) is 1.66. The van der Waals surface area contributed by atoms with Crippen LogP contribution in [-0.4, -0.2) is 30.1 Å². The fraction of sp³-hybridized carbons (Fsp3) is 0.462. The van der Waals surface area contributed by atoms with Crippen LogP contribution in [0, 0.1) is 0 Å². The molecule has 1 amide bonds. The molecule has 0 aliphatic carbocycles. The van der Waals surface area contributed by atoms with E-state index in [1.54, 1.807) is 12.1 Å². The number of hydrogen-bond donors (Lipinski definition) is 3. The fourth-order valence-corrected chi connectivity index (χ4v) is 2.32. The molecule has 1 aliphatic rings. The highest BCUT2D eigenvalue weighted by molar-refractivity contribution is 9.10. The lowest BCUT2D eigenvalue weighted by atomic mass is 10.1. The van der Waals surface area contributed by atoms with Crippen molar-refractivity contribution in [1.82, 2.24) is 10.6 Å². The second kappa shape index (κ2) is 6.20. The second-order valence-corrected chi connectivity index (χ2v) is 5.38. The number of benzene rings is 1. The van der Waals surface area contributed by atoms with Crippen LogP contribution < -0.4 is 10.6 Å². The van der Waals surface area contributed by atoms with Gasteiger partial charge in [-0.1, -0.05) is 6.42 Å². The lowest BCUT2D eigenvalue weighted by Crippen LogP contribution is -2.43. The molecule has 2 rings (SSSR count). The molecule has 1 fully saturated rings. The van der Waals surface area contributed by atoms with E-state index in [1.165, 1.54) is 18.9 Å². The van der Waals surface area contributed by atoms with Crippen LogP contribution in [0.4, 0.5) is 0 Å². The molecule has 1 aromatic rings. The summed E-state index contributed by atoms with van der Waals surface area (Å²) in [6, 6.07) is 5.19. The third-order valence-electron chi connectivity index (χ3n) is 3.13. The maximum Gasteiger partial charge on any atom is 0.251 e. The molecule has 1 heterocycles. The van der Waals surface area contributed by atoms with Crippen molar-refractivity contribution in [2.24, 2.45) is 0 Å². The first kappa shape index (κ1) is 13.4. The Balaban J connectivity index is 1.88. The molecule has 0 aromatic heterocycles. The van der Waals surface area contributed by atoms with E-state index >= 15 is 0 Å². The number of halogens is 1. The molecule has 98 valence electrons. The highest BCUT2D eigenvalue weighted by atomic mass is 79.9. The molecular formula is C13H17BrN2O2. The number of hydrogen-bond acceptors (Lipinski definition) is 3. The number of phenols is 1. The molecule has 1 aliphatic heterocycles. The Hall–Kier alpha value is -1.07. The van der Waals surface area contributed by atoms with Crippen LogP contribution in [0.5, 0.6) is 5.75 Å². The van der Waals surface area contributed by atoms with Crippen LogP contribution in [0.25, 0.3) is 0 Å². The molecule has 4 nitrogen and oxygen atoms in total. The third-order valence-corrected chi connectivity index (χ3v) is 3.80. The van der Waals surface area contributed by atoms with E-state index in [0.717, 1.165) is 13.0 Å². The fourth-order valence-electron chi connectivity index (χ4n) is 2.07. The van der Waals surface area contributed by atoms with Gasteiger partial charge in [-0.3, -0.25) is 4.79 Å². The smallest absolute Gasteiger partial charge is 0.251 e. The standard InChI is InChI=1S/C13H17BrN2O2/c14-11-5-4-9(7-12(11)17)13(18)16-8-10-3-1-2-6-15-10/h4-5,7,10,15,17H,1-3,6,8H2,(H,16,18). The molecule has 0 radical (unpaired) electrons. The Morgan fingerprint density at radius 3 is 3.00 bits per heavy atom. The minimum Gasteiger partial charge on any atom is -0.507 e. The number of carbonyl (C=O) groups excluding carboxylic acids is 1. The maximum absolute atomic E-state index is 11.9. The van der Waals surface area contributed by atoms with Crippen molar-refractivity contribution in [2.75, 3.05) is 13.1 Å². The topological polar surface area (TPSA) is 61.4 Å². The van der Waals surface area contributed by atoms with Gasteiger partial charge in [0.1, 0.15) is 5.75 Å². The van der Waals surface area contributed by atoms with Gasteiger partial charge in [0.25, 0.3) is 5.91 Å². The summed E-state index contributed by atoms with van der Waals surface area (Å²) in [4.78, 5) is 11.9. The summed E-state index contributed by atoms with van der Waals surface area (Å²) in [6.07, 6.45) is 3.53. The minimum absolute atomic E-state index is 0.0819. The van der Waals surface area contributed by atoms with Gasteiger partial charge in [-0.15, -0.1) is 0 Å². The summed E-state index contributed by atoms with van der Waals surface area (Å²) >= 11 is 3.19. The van der Waals surface area contributed by atoms with Gasteiger partial charge in [0.2, 0.25) is 0 Å². The Morgan fingerprint density at radius 1 is 1.50 bits per heavy atom. The summed E-state index contributed by atoms with van der Waals surface area (Å²) in [7, 11) is 0. The van der Waals surface area contributed by atoms with Crippen molar-refractivity contribution in [2.45, 2.75) is 25.3 Å². The zero-order valence-corrected chi connectivity index (χ0v) is 11.7. The Morgan fingerprint density at radius 2 is 2.33 bits per heavy atom. The highest BCUT2D eigenvalue weighted by Gasteiger charge is 2.14. The highest BCUT2D eigenvalue weighted by Crippen LogP contribution is 2.24. The Kier molecular flexibility index (Phi) is 4.60. The first-order valence-electron chi connectivity index (χ1n) is 6.17. The lowest BCUT2D eigenvalue weighted by molar-refractivity contribution is 0.0947. The Labute approximate surface area is 115 Å². The van der Waals surface area contributed by atoms with E-state index < -0.39 is 0 Å². The first-order chi connectivity index (χ1) is 8.66. The van der Waals surface area contributed by atoms with E-state index in [-0.39, 0.29) is 11.7 Å². The zero-order valence-electron chi connectivity index (χ0n) is 10.1. The summed E-state index contributed by atoms with van der Waals surface area (Å²) in [5, 5.41) is 15.8. The van der Waals surface area contributed by atoms with E-state index in [9.17, 15) is 9.90 Å². The SMILES string of the molecule is O=C(NCC1CCCCN1)c1ccc(Br)c(O)c1. The number of phenolic OH excluding ortho intramolecular Hbond substituents is 1. The molecular weight excluding hydrogens is 296 g/mol. The molecule has 1 aromatic carbocycles. The number of piperidine rings is 1. The van der Waals surface area contributed by atoms with Crippen molar-refractivity contribution >= 4 is 21.8 Å². The van der Waals surface area contributed by atoms with Gasteiger partial charge in [-0.05, 0) is 53.5 Å². The number of rotatable bonds is 3. The van der Waals surface area contributed by atoms with Crippen LogP contribution >= 0.6 is 15.9 Å². The quantitative estimate of drug-likeness (QED) is 0.800. The zero-order chi connectivity index (χ0) is 13.0. The minimum atomic E-state index is -0.148. The van der Waals surface area contributed by atoms with Crippen LogP contribution in [0.15, 0.2) is 22.7 Å². The number of aromatic hydroxyl groups is 1. The monoisotopic (exact) mass is 312 g/mol. The van der Waals surface area contributed by atoms with E-state index in [4.69, 9.17) is 0 Å². The largest absolute Gasteiger partial charge is 0.507 e. The van der Waals surface area contributed by atoms with Gasteiger partial charge in [-0.2, -0.15) is 0 Å². The van der Waals surface area contributed by atoms with Crippen LogP contribution in [0.3, 0.4) is 0 Å². The van der Waals surface area contributed by atoms with Gasteiger partial charge < -0.3 is 15.7 Å². The predicted molar refractivity (Wildman–Crippen MR) is 73.8 cm³/mol. The van der Waals surface area contributed by atoms with Crippen LogP contribution in [-0.2, 0) is 0 Å². The Bertz CT molecular complexity index is 431.